The molecule has 2 amide bonds. The first-order valence-electron chi connectivity index (χ1n) is 7.42. The molecular weight excluding hydrogens is 266 g/mol. The highest BCUT2D eigenvalue weighted by Gasteiger charge is 2.24. The first-order chi connectivity index (χ1) is 10.0. The molecule has 0 spiro atoms. The quantitative estimate of drug-likeness (QED) is 0.789. The van der Waals surface area contributed by atoms with E-state index in [1.165, 1.54) is 6.92 Å². The van der Waals surface area contributed by atoms with E-state index in [1.807, 2.05) is 24.3 Å². The topological polar surface area (TPSA) is 70.2 Å². The molecule has 1 heterocycles. The molecule has 1 fully saturated rings. The molecule has 5 heteroatoms. The molecule has 5 nitrogen and oxygen atoms in total. The Kier molecular flexibility index (Phi) is 5.33. The van der Waals surface area contributed by atoms with Crippen LogP contribution in [-0.4, -0.2) is 24.4 Å². The van der Waals surface area contributed by atoms with E-state index in [0.717, 1.165) is 30.6 Å². The number of carbonyl (C=O) groups excluding carboxylic acids is 2. The maximum atomic E-state index is 12.1. The Balaban J connectivity index is 1.82. The standard InChI is InChI=1S/C16H23N3O2/c1-11-9-14(7-8-17-11)16(21)18-10-13-3-5-15(6-4-13)19-12(2)20/h3-6,11,14,17H,7-10H2,1-2H3,(H,18,21)(H,19,20). The molecule has 0 radical (unpaired) electrons. The van der Waals surface area contributed by atoms with Crippen LogP contribution in [0.2, 0.25) is 0 Å². The lowest BCUT2D eigenvalue weighted by Crippen LogP contribution is -2.42. The smallest absolute Gasteiger partial charge is 0.223 e. The van der Waals surface area contributed by atoms with E-state index < -0.39 is 0 Å². The van der Waals surface area contributed by atoms with Gasteiger partial charge in [0.05, 0.1) is 0 Å². The Labute approximate surface area is 125 Å². The fourth-order valence-corrected chi connectivity index (χ4v) is 2.61. The van der Waals surface area contributed by atoms with Gasteiger partial charge in [0.25, 0.3) is 0 Å². The number of carbonyl (C=O) groups is 2. The molecule has 1 aromatic carbocycles. The van der Waals surface area contributed by atoms with Gasteiger partial charge in [-0.15, -0.1) is 0 Å². The van der Waals surface area contributed by atoms with Gasteiger partial charge in [-0.05, 0) is 44.0 Å². The van der Waals surface area contributed by atoms with Crippen LogP contribution in [0.5, 0.6) is 0 Å². The molecule has 1 aliphatic rings. The Hall–Kier alpha value is -1.88. The van der Waals surface area contributed by atoms with Crippen LogP contribution in [0.15, 0.2) is 24.3 Å². The Morgan fingerprint density at radius 3 is 2.62 bits per heavy atom. The third kappa shape index (κ3) is 4.86. The molecule has 2 unspecified atom stereocenters. The summed E-state index contributed by atoms with van der Waals surface area (Å²) in [5.74, 6) is 0.158. The van der Waals surface area contributed by atoms with Gasteiger partial charge in [0.1, 0.15) is 0 Å². The fraction of sp³-hybridized carbons (Fsp3) is 0.500. The maximum Gasteiger partial charge on any atom is 0.223 e. The molecule has 21 heavy (non-hydrogen) atoms. The van der Waals surface area contributed by atoms with Gasteiger partial charge in [-0.25, -0.2) is 0 Å². The number of hydrogen-bond donors (Lipinski definition) is 3. The van der Waals surface area contributed by atoms with Gasteiger partial charge in [-0.2, -0.15) is 0 Å². The highest BCUT2D eigenvalue weighted by atomic mass is 16.2. The summed E-state index contributed by atoms with van der Waals surface area (Å²) in [6, 6.07) is 7.92. The minimum atomic E-state index is -0.0870. The number of benzene rings is 1. The lowest BCUT2D eigenvalue weighted by molar-refractivity contribution is -0.126. The molecule has 1 aliphatic heterocycles. The largest absolute Gasteiger partial charge is 0.352 e. The van der Waals surface area contributed by atoms with E-state index in [9.17, 15) is 9.59 Å². The van der Waals surface area contributed by atoms with Crippen molar-refractivity contribution in [1.29, 1.82) is 0 Å². The molecule has 114 valence electrons. The predicted molar refractivity (Wildman–Crippen MR) is 82.8 cm³/mol. The monoisotopic (exact) mass is 289 g/mol. The summed E-state index contributed by atoms with van der Waals surface area (Å²) in [5, 5.41) is 9.06. The van der Waals surface area contributed by atoms with Crippen molar-refractivity contribution >= 4 is 17.5 Å². The van der Waals surface area contributed by atoms with Gasteiger partial charge in [-0.1, -0.05) is 12.1 Å². The number of piperidine rings is 1. The van der Waals surface area contributed by atoms with E-state index >= 15 is 0 Å². The van der Waals surface area contributed by atoms with Crippen molar-refractivity contribution in [3.63, 3.8) is 0 Å². The number of amides is 2. The molecule has 0 saturated carbocycles. The summed E-state index contributed by atoms with van der Waals surface area (Å²) in [5.41, 5.74) is 1.80. The summed E-state index contributed by atoms with van der Waals surface area (Å²) in [7, 11) is 0. The summed E-state index contributed by atoms with van der Waals surface area (Å²) in [6.07, 6.45) is 1.80. The van der Waals surface area contributed by atoms with Crippen molar-refractivity contribution in [1.82, 2.24) is 10.6 Å². The van der Waals surface area contributed by atoms with Gasteiger partial charge < -0.3 is 16.0 Å². The second kappa shape index (κ2) is 7.22. The van der Waals surface area contributed by atoms with E-state index in [-0.39, 0.29) is 17.7 Å². The van der Waals surface area contributed by atoms with Crippen molar-refractivity contribution in [3.05, 3.63) is 29.8 Å². The lowest BCUT2D eigenvalue weighted by Gasteiger charge is -2.27. The number of rotatable bonds is 4. The zero-order valence-corrected chi connectivity index (χ0v) is 12.6. The zero-order chi connectivity index (χ0) is 15.2. The molecule has 0 aromatic heterocycles. The summed E-state index contributed by atoms with van der Waals surface area (Å²) in [4.78, 5) is 23.1. The van der Waals surface area contributed by atoms with Crippen molar-refractivity contribution in [3.8, 4) is 0 Å². The van der Waals surface area contributed by atoms with Gasteiger partial charge in [0.15, 0.2) is 0 Å². The Morgan fingerprint density at radius 1 is 1.29 bits per heavy atom. The number of anilines is 1. The third-order valence-electron chi connectivity index (χ3n) is 3.74. The maximum absolute atomic E-state index is 12.1. The first kappa shape index (κ1) is 15.5. The molecule has 2 rings (SSSR count). The molecule has 1 saturated heterocycles. The highest BCUT2D eigenvalue weighted by Crippen LogP contribution is 2.16. The van der Waals surface area contributed by atoms with Crippen molar-refractivity contribution in [2.24, 2.45) is 5.92 Å². The number of hydrogen-bond acceptors (Lipinski definition) is 3. The van der Waals surface area contributed by atoms with Crippen LogP contribution in [0.25, 0.3) is 0 Å². The average molecular weight is 289 g/mol. The van der Waals surface area contributed by atoms with Gasteiger partial charge in [-0.3, -0.25) is 9.59 Å². The van der Waals surface area contributed by atoms with E-state index in [1.54, 1.807) is 0 Å². The lowest BCUT2D eigenvalue weighted by atomic mass is 9.92. The van der Waals surface area contributed by atoms with Crippen molar-refractivity contribution in [2.45, 2.75) is 39.3 Å². The first-order valence-corrected chi connectivity index (χ1v) is 7.42. The van der Waals surface area contributed by atoms with Crippen LogP contribution in [-0.2, 0) is 16.1 Å². The van der Waals surface area contributed by atoms with E-state index in [2.05, 4.69) is 22.9 Å². The number of nitrogens with one attached hydrogen (secondary N) is 3. The third-order valence-corrected chi connectivity index (χ3v) is 3.74. The average Bonchev–Trinajstić information content (AvgIpc) is 2.45. The molecular formula is C16H23N3O2. The Morgan fingerprint density at radius 2 is 2.00 bits per heavy atom. The summed E-state index contributed by atoms with van der Waals surface area (Å²) in [6.45, 7) is 5.02. The molecule has 1 aromatic rings. The van der Waals surface area contributed by atoms with Crippen molar-refractivity contribution in [2.75, 3.05) is 11.9 Å². The van der Waals surface area contributed by atoms with Crippen LogP contribution in [0.1, 0.15) is 32.3 Å². The van der Waals surface area contributed by atoms with Gasteiger partial charge >= 0.3 is 0 Å². The molecule has 3 N–H and O–H groups in total. The van der Waals surface area contributed by atoms with Crippen LogP contribution in [0.4, 0.5) is 5.69 Å². The molecule has 0 aliphatic carbocycles. The van der Waals surface area contributed by atoms with Crippen LogP contribution >= 0.6 is 0 Å². The van der Waals surface area contributed by atoms with Crippen LogP contribution in [0.3, 0.4) is 0 Å². The van der Waals surface area contributed by atoms with Crippen LogP contribution < -0.4 is 16.0 Å². The van der Waals surface area contributed by atoms with Gasteiger partial charge in [0, 0.05) is 31.1 Å². The minimum Gasteiger partial charge on any atom is -0.352 e. The van der Waals surface area contributed by atoms with Gasteiger partial charge in [0.2, 0.25) is 11.8 Å². The predicted octanol–water partition coefficient (Wildman–Crippen LogP) is 1.65. The Bertz CT molecular complexity index is 499. The molecule has 0 bridgehead atoms. The van der Waals surface area contributed by atoms with E-state index in [0.29, 0.717) is 12.6 Å². The summed E-state index contributed by atoms with van der Waals surface area (Å²) >= 11 is 0. The SMILES string of the molecule is CC(=O)Nc1ccc(CNC(=O)C2CCNC(C)C2)cc1. The molecule has 2 atom stereocenters. The van der Waals surface area contributed by atoms with Crippen molar-refractivity contribution < 1.29 is 9.59 Å². The van der Waals surface area contributed by atoms with E-state index in [4.69, 9.17) is 0 Å². The van der Waals surface area contributed by atoms with Crippen LogP contribution in [0, 0.1) is 5.92 Å². The zero-order valence-electron chi connectivity index (χ0n) is 12.6. The fourth-order valence-electron chi connectivity index (χ4n) is 2.61. The summed E-state index contributed by atoms with van der Waals surface area (Å²) < 4.78 is 0. The second-order valence-corrected chi connectivity index (χ2v) is 5.67. The normalized spacial score (nSPS) is 21.6. The second-order valence-electron chi connectivity index (χ2n) is 5.67. The minimum absolute atomic E-state index is 0.0870. The highest BCUT2D eigenvalue weighted by molar-refractivity contribution is 5.88.